The highest BCUT2D eigenvalue weighted by Crippen LogP contribution is 2.47. The van der Waals surface area contributed by atoms with Gasteiger partial charge in [0, 0.05) is 33.0 Å². The van der Waals surface area contributed by atoms with Crippen LogP contribution in [0.1, 0.15) is 27.8 Å². The molecule has 378 valence electrons. The van der Waals surface area contributed by atoms with E-state index in [1.165, 1.54) is 53.1 Å². The first-order chi connectivity index (χ1) is 35.3. The molecule has 2 aromatic heterocycles. The fourth-order valence-corrected chi connectivity index (χ4v) is 8.91. The van der Waals surface area contributed by atoms with Crippen LogP contribution in [0, 0.1) is 0 Å². The fraction of sp³-hybridized carbons (Fsp3) is 0.0893. The minimum atomic E-state index is -5.34. The van der Waals surface area contributed by atoms with Gasteiger partial charge in [-0.25, -0.2) is 15.0 Å². The molecule has 0 aliphatic rings. The van der Waals surface area contributed by atoms with E-state index in [-0.39, 0.29) is 79.4 Å². The number of halogens is 15. The van der Waals surface area contributed by atoms with Crippen molar-refractivity contribution in [3.8, 4) is 73.2 Å². The molecular formula is C56H29F15N4. The SMILES string of the molecule is FC(F)(F)c1ccc(-c2ccc(-c3nc(-c4ccccc4)nc(-c4ccccc4)n3)cc2-n2c3ccc(-c4ccc(C(F)(F)F)cc4C(F)(F)F)cc3c3cc(-c4ccc(C(F)(F)F)cc4C(F)(F)F)ccc32)cc1. The summed E-state index contributed by atoms with van der Waals surface area (Å²) in [7, 11) is 0. The normalized spacial score (nSPS) is 12.7. The fourth-order valence-electron chi connectivity index (χ4n) is 8.91. The van der Waals surface area contributed by atoms with Gasteiger partial charge in [-0.1, -0.05) is 109 Å². The van der Waals surface area contributed by atoms with Crippen LogP contribution in [0.2, 0.25) is 0 Å². The standard InChI is InChI=1S/C56H29F15N4/c57-52(58,59)36-16-11-30(12-17-36)41-20-13-35(51-73-49(31-7-3-1-4-8-31)72-50(74-51)32-9-5-2-6-10-32)27-48(41)75-46-23-14-33(39-21-18-37(53(60,61)62)28-44(39)55(66,67)68)25-42(46)43-26-34(15-24-47(43)75)40-22-19-38(54(63,64)65)29-45(40)56(69,70)71/h1-29H. The van der Waals surface area contributed by atoms with Crippen LogP contribution in [0.4, 0.5) is 65.9 Å². The first kappa shape index (κ1) is 50.1. The molecule has 0 fully saturated rings. The lowest BCUT2D eigenvalue weighted by atomic mass is 9.94. The third kappa shape index (κ3) is 9.77. The van der Waals surface area contributed by atoms with E-state index >= 15 is 0 Å². The van der Waals surface area contributed by atoms with Crippen molar-refractivity contribution in [2.24, 2.45) is 0 Å². The van der Waals surface area contributed by atoms with Crippen LogP contribution in [-0.4, -0.2) is 19.5 Å². The van der Waals surface area contributed by atoms with Crippen LogP contribution < -0.4 is 0 Å². The topological polar surface area (TPSA) is 43.6 Å². The third-order valence-corrected chi connectivity index (χ3v) is 12.4. The van der Waals surface area contributed by atoms with E-state index in [1.54, 1.807) is 78.9 Å². The maximum Gasteiger partial charge on any atom is 0.417 e. The smallest absolute Gasteiger partial charge is 0.309 e. The summed E-state index contributed by atoms with van der Waals surface area (Å²) in [6.45, 7) is 0. The van der Waals surface area contributed by atoms with Crippen molar-refractivity contribution in [2.45, 2.75) is 30.9 Å². The number of alkyl halides is 15. The molecule has 19 heteroatoms. The summed E-state index contributed by atoms with van der Waals surface area (Å²) >= 11 is 0. The second kappa shape index (κ2) is 18.2. The lowest BCUT2D eigenvalue weighted by Crippen LogP contribution is -2.12. The van der Waals surface area contributed by atoms with E-state index in [4.69, 9.17) is 15.0 Å². The molecule has 0 saturated heterocycles. The lowest BCUT2D eigenvalue weighted by Gasteiger charge is -2.18. The molecule has 0 radical (unpaired) electrons. The Bertz CT molecular complexity index is 3610. The molecule has 10 aromatic rings. The maximum atomic E-state index is 14.7. The number of nitrogens with zero attached hydrogens (tertiary/aromatic N) is 4. The Kier molecular flexibility index (Phi) is 12.1. The summed E-state index contributed by atoms with van der Waals surface area (Å²) in [6, 6.07) is 35.9. The molecule has 0 bridgehead atoms. The Morgan fingerprint density at radius 3 is 1.04 bits per heavy atom. The molecule has 4 nitrogen and oxygen atoms in total. The molecule has 0 spiro atoms. The van der Waals surface area contributed by atoms with Gasteiger partial charge >= 0.3 is 30.9 Å². The number of rotatable bonds is 7. The first-order valence-corrected chi connectivity index (χ1v) is 22.2. The van der Waals surface area contributed by atoms with Gasteiger partial charge < -0.3 is 4.57 Å². The summed E-state index contributed by atoms with van der Waals surface area (Å²) in [6.07, 6.45) is -25.8. The lowest BCUT2D eigenvalue weighted by molar-refractivity contribution is -0.144. The molecule has 2 heterocycles. The minimum absolute atomic E-state index is 0.000459. The third-order valence-electron chi connectivity index (χ3n) is 12.4. The van der Waals surface area contributed by atoms with Gasteiger partial charge in [0.1, 0.15) is 0 Å². The highest BCUT2D eigenvalue weighted by Gasteiger charge is 2.40. The molecule has 0 amide bonds. The minimum Gasteiger partial charge on any atom is -0.309 e. The number of benzene rings is 8. The van der Waals surface area contributed by atoms with Crippen LogP contribution >= 0.6 is 0 Å². The van der Waals surface area contributed by atoms with Gasteiger partial charge in [0.15, 0.2) is 17.5 Å². The Balaban J connectivity index is 1.28. The van der Waals surface area contributed by atoms with Crippen LogP contribution in [0.5, 0.6) is 0 Å². The number of hydrogen-bond acceptors (Lipinski definition) is 3. The number of fused-ring (bicyclic) bond motifs is 3. The largest absolute Gasteiger partial charge is 0.417 e. The van der Waals surface area contributed by atoms with E-state index in [0.29, 0.717) is 41.0 Å². The van der Waals surface area contributed by atoms with Crippen molar-refractivity contribution >= 4 is 21.8 Å². The Morgan fingerprint density at radius 2 is 0.640 bits per heavy atom. The van der Waals surface area contributed by atoms with Crippen molar-refractivity contribution in [3.63, 3.8) is 0 Å². The summed E-state index contributed by atoms with van der Waals surface area (Å²) in [5, 5.41) is -0.000919. The quantitative estimate of drug-likeness (QED) is 0.149. The zero-order chi connectivity index (χ0) is 53.4. The van der Waals surface area contributed by atoms with E-state index in [2.05, 4.69) is 0 Å². The predicted octanol–water partition coefficient (Wildman–Crippen LogP) is 18.1. The molecule has 0 saturated carbocycles. The van der Waals surface area contributed by atoms with Gasteiger partial charge in [0.2, 0.25) is 0 Å². The summed E-state index contributed by atoms with van der Waals surface area (Å²) in [5.74, 6) is 0.581. The molecule has 0 aliphatic heterocycles. The van der Waals surface area contributed by atoms with Crippen molar-refractivity contribution in [2.75, 3.05) is 0 Å². The molecule has 0 N–H and O–H groups in total. The average Bonchev–Trinajstić information content (AvgIpc) is 3.70. The number of aromatic nitrogens is 4. The van der Waals surface area contributed by atoms with Crippen LogP contribution in [0.25, 0.3) is 95.0 Å². The second-order valence-electron chi connectivity index (χ2n) is 17.2. The van der Waals surface area contributed by atoms with Crippen LogP contribution in [0.3, 0.4) is 0 Å². The zero-order valence-corrected chi connectivity index (χ0v) is 37.7. The summed E-state index contributed by atoms with van der Waals surface area (Å²) < 4.78 is 214. The van der Waals surface area contributed by atoms with Crippen LogP contribution in [0.15, 0.2) is 176 Å². The molecule has 0 atom stereocenters. The van der Waals surface area contributed by atoms with Gasteiger partial charge in [-0.2, -0.15) is 65.9 Å². The Morgan fingerprint density at radius 1 is 0.280 bits per heavy atom. The molecule has 10 rings (SSSR count). The monoisotopic (exact) mass is 1040 g/mol. The van der Waals surface area contributed by atoms with Crippen molar-refractivity contribution in [1.29, 1.82) is 0 Å². The van der Waals surface area contributed by atoms with Crippen molar-refractivity contribution in [1.82, 2.24) is 19.5 Å². The van der Waals surface area contributed by atoms with E-state index < -0.39 is 69.8 Å². The van der Waals surface area contributed by atoms with E-state index in [9.17, 15) is 65.9 Å². The van der Waals surface area contributed by atoms with E-state index in [0.717, 1.165) is 12.1 Å². The Labute approximate surface area is 414 Å². The molecule has 0 unspecified atom stereocenters. The summed E-state index contributed by atoms with van der Waals surface area (Å²) in [4.78, 5) is 14.3. The molecule has 0 aliphatic carbocycles. The number of hydrogen-bond donors (Lipinski definition) is 0. The average molecular weight is 1040 g/mol. The van der Waals surface area contributed by atoms with Gasteiger partial charge in [-0.15, -0.1) is 0 Å². The van der Waals surface area contributed by atoms with Crippen molar-refractivity contribution in [3.05, 3.63) is 204 Å². The predicted molar refractivity (Wildman–Crippen MR) is 252 cm³/mol. The van der Waals surface area contributed by atoms with Gasteiger partial charge in [-0.3, -0.25) is 0 Å². The van der Waals surface area contributed by atoms with Gasteiger partial charge in [-0.05, 0) is 94.5 Å². The van der Waals surface area contributed by atoms with Crippen molar-refractivity contribution < 1.29 is 65.9 Å². The molecule has 8 aromatic carbocycles. The molecular weight excluding hydrogens is 1010 g/mol. The molecule has 75 heavy (non-hydrogen) atoms. The zero-order valence-electron chi connectivity index (χ0n) is 37.7. The maximum absolute atomic E-state index is 14.7. The van der Waals surface area contributed by atoms with Crippen LogP contribution in [-0.2, 0) is 30.9 Å². The highest BCUT2D eigenvalue weighted by molar-refractivity contribution is 6.12. The highest BCUT2D eigenvalue weighted by atomic mass is 19.4. The van der Waals surface area contributed by atoms with Gasteiger partial charge in [0.05, 0.1) is 44.5 Å². The summed E-state index contributed by atoms with van der Waals surface area (Å²) in [5.41, 5.74) is -7.19. The second-order valence-corrected chi connectivity index (χ2v) is 17.2. The first-order valence-electron chi connectivity index (χ1n) is 22.2. The van der Waals surface area contributed by atoms with E-state index in [1.807, 2.05) is 0 Å². The Hall–Kier alpha value is -8.48. The van der Waals surface area contributed by atoms with Gasteiger partial charge in [0.25, 0.3) is 0 Å².